The van der Waals surface area contributed by atoms with Gasteiger partial charge in [-0.3, -0.25) is 4.79 Å². The first kappa shape index (κ1) is 22.5. The van der Waals surface area contributed by atoms with Gasteiger partial charge >= 0.3 is 0 Å². The molecule has 3 aromatic carbocycles. The maximum atomic E-state index is 12.8. The van der Waals surface area contributed by atoms with E-state index < -0.39 is 10.0 Å². The van der Waals surface area contributed by atoms with Crippen LogP contribution in [0.3, 0.4) is 0 Å². The number of para-hydroxylation sites is 1. The molecular weight excluding hydrogens is 412 g/mol. The van der Waals surface area contributed by atoms with Crippen LogP contribution in [0.5, 0.6) is 5.75 Å². The average molecular weight is 439 g/mol. The molecule has 0 saturated carbocycles. The van der Waals surface area contributed by atoms with Gasteiger partial charge in [0.05, 0.1) is 17.1 Å². The Labute approximate surface area is 183 Å². The van der Waals surface area contributed by atoms with E-state index in [9.17, 15) is 13.2 Å². The normalized spacial score (nSPS) is 11.3. The first-order chi connectivity index (χ1) is 14.8. The van der Waals surface area contributed by atoms with Crippen molar-refractivity contribution in [3.8, 4) is 5.75 Å². The summed E-state index contributed by atoms with van der Waals surface area (Å²) in [5.41, 5.74) is 2.06. The number of ether oxygens (including phenoxy) is 1. The Hall–Kier alpha value is -3.16. The van der Waals surface area contributed by atoms with Crippen molar-refractivity contribution in [2.24, 2.45) is 0 Å². The Morgan fingerprint density at radius 1 is 0.903 bits per heavy atom. The van der Waals surface area contributed by atoms with E-state index in [1.165, 1.54) is 12.1 Å². The quantitative estimate of drug-likeness (QED) is 0.523. The van der Waals surface area contributed by atoms with Crippen molar-refractivity contribution >= 4 is 21.6 Å². The standard InChI is InChI=1S/C24H26N2O4S/c1-18(2)26-31(28,29)21-14-12-20(13-15-21)25-24(27)22-10-6-7-11-23(22)30-17-16-19-8-4-3-5-9-19/h3-15,18,26H,16-17H2,1-2H3,(H,25,27). The molecule has 7 heteroatoms. The molecule has 3 aromatic rings. The minimum atomic E-state index is -3.58. The molecule has 0 bridgehead atoms. The van der Waals surface area contributed by atoms with E-state index in [-0.39, 0.29) is 16.8 Å². The van der Waals surface area contributed by atoms with Crippen LogP contribution in [0.4, 0.5) is 5.69 Å². The van der Waals surface area contributed by atoms with Crippen molar-refractivity contribution in [3.63, 3.8) is 0 Å². The SMILES string of the molecule is CC(C)NS(=O)(=O)c1ccc(NC(=O)c2ccccc2OCCc2ccccc2)cc1. The second-order valence-electron chi connectivity index (χ2n) is 7.33. The van der Waals surface area contributed by atoms with Crippen molar-refractivity contribution < 1.29 is 17.9 Å². The van der Waals surface area contributed by atoms with Crippen molar-refractivity contribution in [2.45, 2.75) is 31.2 Å². The number of sulfonamides is 1. The summed E-state index contributed by atoms with van der Waals surface area (Å²) in [5, 5.41) is 2.79. The van der Waals surface area contributed by atoms with Gasteiger partial charge in [0.25, 0.3) is 5.91 Å². The molecule has 2 N–H and O–H groups in total. The molecule has 0 atom stereocenters. The van der Waals surface area contributed by atoms with Crippen LogP contribution >= 0.6 is 0 Å². The predicted octanol–water partition coefficient (Wildman–Crippen LogP) is 4.25. The lowest BCUT2D eigenvalue weighted by molar-refractivity contribution is 0.102. The number of amides is 1. The summed E-state index contributed by atoms with van der Waals surface area (Å²) in [6.45, 7) is 3.96. The molecular formula is C24H26N2O4S. The molecule has 0 heterocycles. The maximum absolute atomic E-state index is 12.8. The molecule has 6 nitrogen and oxygen atoms in total. The van der Waals surface area contributed by atoms with Gasteiger partial charge in [-0.05, 0) is 55.8 Å². The number of nitrogens with one attached hydrogen (secondary N) is 2. The van der Waals surface area contributed by atoms with Crippen LogP contribution in [-0.2, 0) is 16.4 Å². The fourth-order valence-electron chi connectivity index (χ4n) is 3.00. The molecule has 162 valence electrons. The van der Waals surface area contributed by atoms with Crippen LogP contribution in [0.2, 0.25) is 0 Å². The Kier molecular flexibility index (Phi) is 7.44. The molecule has 0 unspecified atom stereocenters. The van der Waals surface area contributed by atoms with Gasteiger partial charge in [0.2, 0.25) is 10.0 Å². The molecule has 0 aliphatic rings. The number of carbonyl (C=O) groups is 1. The summed E-state index contributed by atoms with van der Waals surface area (Å²) in [6, 6.07) is 22.9. The van der Waals surface area contributed by atoms with Gasteiger partial charge < -0.3 is 10.1 Å². The number of carbonyl (C=O) groups excluding carboxylic acids is 1. The highest BCUT2D eigenvalue weighted by Gasteiger charge is 2.16. The minimum Gasteiger partial charge on any atom is -0.492 e. The molecule has 0 aliphatic carbocycles. The lowest BCUT2D eigenvalue weighted by Gasteiger charge is -2.13. The van der Waals surface area contributed by atoms with Crippen LogP contribution in [0.25, 0.3) is 0 Å². The Morgan fingerprint density at radius 2 is 1.55 bits per heavy atom. The van der Waals surface area contributed by atoms with Crippen LogP contribution in [0, 0.1) is 0 Å². The largest absolute Gasteiger partial charge is 0.492 e. The first-order valence-electron chi connectivity index (χ1n) is 10.0. The third kappa shape index (κ3) is 6.41. The lowest BCUT2D eigenvalue weighted by Crippen LogP contribution is -2.30. The molecule has 0 aromatic heterocycles. The van der Waals surface area contributed by atoms with Crippen molar-refractivity contribution in [3.05, 3.63) is 90.0 Å². The van der Waals surface area contributed by atoms with Gasteiger partial charge in [0, 0.05) is 18.2 Å². The fourth-order valence-corrected chi connectivity index (χ4v) is 4.25. The molecule has 0 fully saturated rings. The smallest absolute Gasteiger partial charge is 0.259 e. The topological polar surface area (TPSA) is 84.5 Å². The fraction of sp³-hybridized carbons (Fsp3) is 0.208. The van der Waals surface area contributed by atoms with Gasteiger partial charge in [-0.2, -0.15) is 0 Å². The van der Waals surface area contributed by atoms with Crippen LogP contribution in [0.15, 0.2) is 83.8 Å². The highest BCUT2D eigenvalue weighted by atomic mass is 32.2. The third-order valence-electron chi connectivity index (χ3n) is 4.44. The average Bonchev–Trinajstić information content (AvgIpc) is 2.74. The molecule has 0 aliphatic heterocycles. The van der Waals surface area contributed by atoms with Crippen molar-refractivity contribution in [1.82, 2.24) is 4.72 Å². The van der Waals surface area contributed by atoms with Crippen molar-refractivity contribution in [1.29, 1.82) is 0 Å². The molecule has 31 heavy (non-hydrogen) atoms. The Bertz CT molecular complexity index is 1110. The van der Waals surface area contributed by atoms with Crippen LogP contribution < -0.4 is 14.8 Å². The summed E-state index contributed by atoms with van der Waals surface area (Å²) >= 11 is 0. The second kappa shape index (κ2) is 10.2. The summed E-state index contributed by atoms with van der Waals surface area (Å²) in [6.07, 6.45) is 0.733. The second-order valence-corrected chi connectivity index (χ2v) is 9.05. The Morgan fingerprint density at radius 3 is 2.23 bits per heavy atom. The minimum absolute atomic E-state index is 0.142. The summed E-state index contributed by atoms with van der Waals surface area (Å²) < 4.78 is 32.8. The van der Waals surface area contributed by atoms with Gasteiger partial charge in [-0.1, -0.05) is 42.5 Å². The molecule has 0 spiro atoms. The van der Waals surface area contributed by atoms with Crippen LogP contribution in [-0.4, -0.2) is 27.0 Å². The van der Waals surface area contributed by atoms with E-state index in [0.717, 1.165) is 12.0 Å². The van der Waals surface area contributed by atoms with Gasteiger partial charge in [-0.25, -0.2) is 13.1 Å². The molecule has 0 radical (unpaired) electrons. The zero-order chi connectivity index (χ0) is 22.3. The number of anilines is 1. The zero-order valence-electron chi connectivity index (χ0n) is 17.5. The lowest BCUT2D eigenvalue weighted by atomic mass is 10.1. The Balaban J connectivity index is 1.65. The summed E-state index contributed by atoms with van der Waals surface area (Å²) in [5.74, 6) is 0.169. The zero-order valence-corrected chi connectivity index (χ0v) is 18.4. The summed E-state index contributed by atoms with van der Waals surface area (Å²) in [7, 11) is -3.58. The number of rotatable bonds is 9. The third-order valence-corrected chi connectivity index (χ3v) is 6.11. The number of benzene rings is 3. The number of hydrogen-bond acceptors (Lipinski definition) is 4. The highest BCUT2D eigenvalue weighted by Crippen LogP contribution is 2.21. The van der Waals surface area contributed by atoms with Crippen molar-refractivity contribution in [2.75, 3.05) is 11.9 Å². The first-order valence-corrected chi connectivity index (χ1v) is 11.5. The van der Waals surface area contributed by atoms with Gasteiger partial charge in [0.1, 0.15) is 5.75 Å². The van der Waals surface area contributed by atoms with E-state index >= 15 is 0 Å². The monoisotopic (exact) mass is 438 g/mol. The molecule has 1 amide bonds. The predicted molar refractivity (Wildman–Crippen MR) is 122 cm³/mol. The molecule has 0 saturated heterocycles. The van der Waals surface area contributed by atoms with E-state index in [4.69, 9.17) is 4.74 Å². The maximum Gasteiger partial charge on any atom is 0.259 e. The van der Waals surface area contributed by atoms with Gasteiger partial charge in [-0.15, -0.1) is 0 Å². The number of hydrogen-bond donors (Lipinski definition) is 2. The van der Waals surface area contributed by atoms with E-state index in [1.54, 1.807) is 44.2 Å². The van der Waals surface area contributed by atoms with E-state index in [1.807, 2.05) is 36.4 Å². The highest BCUT2D eigenvalue weighted by molar-refractivity contribution is 7.89. The van der Waals surface area contributed by atoms with E-state index in [0.29, 0.717) is 23.6 Å². The van der Waals surface area contributed by atoms with Gasteiger partial charge in [0.15, 0.2) is 0 Å². The summed E-state index contributed by atoms with van der Waals surface area (Å²) in [4.78, 5) is 12.9. The van der Waals surface area contributed by atoms with Crippen LogP contribution in [0.1, 0.15) is 29.8 Å². The molecule has 3 rings (SSSR count). The van der Waals surface area contributed by atoms with E-state index in [2.05, 4.69) is 10.0 Å².